The van der Waals surface area contributed by atoms with E-state index >= 15 is 0 Å². The van der Waals surface area contributed by atoms with Gasteiger partial charge in [0.15, 0.2) is 9.84 Å². The Morgan fingerprint density at radius 1 is 1.18 bits per heavy atom. The first kappa shape index (κ1) is 16.4. The van der Waals surface area contributed by atoms with Gasteiger partial charge in [-0.1, -0.05) is 26.0 Å². The Kier molecular flexibility index (Phi) is 4.81. The van der Waals surface area contributed by atoms with E-state index in [0.29, 0.717) is 17.9 Å². The van der Waals surface area contributed by atoms with E-state index in [9.17, 15) is 13.2 Å². The van der Waals surface area contributed by atoms with Crippen molar-refractivity contribution in [2.24, 2.45) is 5.92 Å². The van der Waals surface area contributed by atoms with E-state index in [1.54, 1.807) is 30.5 Å². The average molecular weight is 320 g/mol. The van der Waals surface area contributed by atoms with Gasteiger partial charge in [-0.3, -0.25) is 4.79 Å². The van der Waals surface area contributed by atoms with Crippen LogP contribution < -0.4 is 5.56 Å². The van der Waals surface area contributed by atoms with Crippen LogP contribution in [0.2, 0.25) is 0 Å². The number of nitrogens with one attached hydrogen (secondary N) is 1. The molecule has 1 heterocycles. The van der Waals surface area contributed by atoms with Crippen molar-refractivity contribution in [3.05, 3.63) is 46.4 Å². The molecule has 0 aliphatic carbocycles. The molecule has 1 aromatic carbocycles. The molecule has 0 fully saturated rings. The van der Waals surface area contributed by atoms with Crippen molar-refractivity contribution in [3.63, 3.8) is 0 Å². The summed E-state index contributed by atoms with van der Waals surface area (Å²) in [5.41, 5.74) is 2.05. The zero-order chi connectivity index (χ0) is 16.3. The zero-order valence-corrected chi connectivity index (χ0v) is 13.8. The van der Waals surface area contributed by atoms with Gasteiger partial charge < -0.3 is 0 Å². The molecule has 0 saturated heterocycles. The second-order valence-corrected chi connectivity index (χ2v) is 7.84. The third-order valence-corrected chi connectivity index (χ3v) is 4.65. The molecular weight excluding hydrogens is 300 g/mol. The van der Waals surface area contributed by atoms with Gasteiger partial charge in [0.1, 0.15) is 0 Å². The van der Waals surface area contributed by atoms with E-state index in [1.807, 2.05) is 0 Å². The van der Waals surface area contributed by atoms with Crippen LogP contribution in [0.5, 0.6) is 0 Å². The molecule has 118 valence electrons. The van der Waals surface area contributed by atoms with Gasteiger partial charge in [-0.05, 0) is 36.5 Å². The quantitative estimate of drug-likeness (QED) is 0.917. The van der Waals surface area contributed by atoms with E-state index in [4.69, 9.17) is 0 Å². The van der Waals surface area contributed by atoms with Gasteiger partial charge in [0.05, 0.1) is 11.1 Å². The maximum absolute atomic E-state index is 12.0. The highest BCUT2D eigenvalue weighted by Gasteiger charge is 2.12. The van der Waals surface area contributed by atoms with E-state index in [2.05, 4.69) is 24.0 Å². The van der Waals surface area contributed by atoms with Crippen LogP contribution in [0.4, 0.5) is 0 Å². The van der Waals surface area contributed by atoms with Gasteiger partial charge in [0.2, 0.25) is 0 Å². The summed E-state index contributed by atoms with van der Waals surface area (Å²) in [5.74, 6) is 0.494. The third-order valence-electron chi connectivity index (χ3n) is 3.52. The lowest BCUT2D eigenvalue weighted by atomic mass is 9.97. The number of benzene rings is 1. The average Bonchev–Trinajstić information content (AvgIpc) is 2.45. The lowest BCUT2D eigenvalue weighted by Crippen LogP contribution is -2.16. The van der Waals surface area contributed by atoms with Crippen molar-refractivity contribution >= 4 is 9.84 Å². The van der Waals surface area contributed by atoms with Crippen molar-refractivity contribution in [3.8, 4) is 11.1 Å². The van der Waals surface area contributed by atoms with E-state index in [-0.39, 0.29) is 10.5 Å². The number of aromatic nitrogens is 2. The van der Waals surface area contributed by atoms with Crippen molar-refractivity contribution < 1.29 is 8.42 Å². The monoisotopic (exact) mass is 320 g/mol. The minimum Gasteiger partial charge on any atom is -0.268 e. The van der Waals surface area contributed by atoms with Gasteiger partial charge in [-0.25, -0.2) is 13.5 Å². The Hall–Kier alpha value is -1.95. The minimum absolute atomic E-state index is 0.190. The molecule has 22 heavy (non-hydrogen) atoms. The SMILES string of the molecule is CC(C)CCc1c(-c2ccc(S(C)(=O)=O)cc2)cn[nH]c1=O. The van der Waals surface area contributed by atoms with E-state index < -0.39 is 9.84 Å². The highest BCUT2D eigenvalue weighted by atomic mass is 32.2. The highest BCUT2D eigenvalue weighted by molar-refractivity contribution is 7.90. The zero-order valence-electron chi connectivity index (χ0n) is 13.0. The summed E-state index contributed by atoms with van der Waals surface area (Å²) in [4.78, 5) is 12.3. The molecule has 2 aromatic rings. The Morgan fingerprint density at radius 3 is 2.36 bits per heavy atom. The first-order valence-electron chi connectivity index (χ1n) is 7.16. The minimum atomic E-state index is -3.23. The topological polar surface area (TPSA) is 79.9 Å². The van der Waals surface area contributed by atoms with Crippen LogP contribution in [0.25, 0.3) is 11.1 Å². The fourth-order valence-corrected chi connectivity index (χ4v) is 2.87. The molecule has 2 rings (SSSR count). The summed E-state index contributed by atoms with van der Waals surface area (Å²) in [6, 6.07) is 6.54. The number of hydrogen-bond acceptors (Lipinski definition) is 4. The molecule has 0 saturated carbocycles. The number of rotatable bonds is 5. The maximum atomic E-state index is 12.0. The summed E-state index contributed by atoms with van der Waals surface area (Å²) in [6.45, 7) is 4.21. The van der Waals surface area contributed by atoms with Gasteiger partial charge in [-0.15, -0.1) is 0 Å². The normalized spacial score (nSPS) is 11.8. The summed E-state index contributed by atoms with van der Waals surface area (Å²) < 4.78 is 23.0. The lowest BCUT2D eigenvalue weighted by molar-refractivity contribution is 0.584. The molecule has 6 heteroatoms. The highest BCUT2D eigenvalue weighted by Crippen LogP contribution is 2.23. The molecule has 0 atom stereocenters. The molecule has 0 amide bonds. The van der Waals surface area contributed by atoms with Crippen molar-refractivity contribution in [2.45, 2.75) is 31.6 Å². The number of H-pyrrole nitrogens is 1. The predicted molar refractivity (Wildman–Crippen MR) is 86.6 cm³/mol. The van der Waals surface area contributed by atoms with Crippen molar-refractivity contribution in [2.75, 3.05) is 6.26 Å². The fourth-order valence-electron chi connectivity index (χ4n) is 2.23. The fraction of sp³-hybridized carbons (Fsp3) is 0.375. The Labute approximate surface area is 130 Å². The van der Waals surface area contributed by atoms with Crippen LogP contribution in [0.15, 0.2) is 40.2 Å². The predicted octanol–water partition coefficient (Wildman–Crippen LogP) is 2.43. The van der Waals surface area contributed by atoms with E-state index in [1.165, 1.54) is 6.26 Å². The van der Waals surface area contributed by atoms with Crippen molar-refractivity contribution in [1.82, 2.24) is 10.2 Å². The first-order valence-corrected chi connectivity index (χ1v) is 9.05. The third kappa shape index (κ3) is 3.82. The molecule has 0 aliphatic rings. The Morgan fingerprint density at radius 2 is 1.82 bits per heavy atom. The van der Waals surface area contributed by atoms with Gasteiger partial charge in [0.25, 0.3) is 5.56 Å². The van der Waals surface area contributed by atoms with Crippen molar-refractivity contribution in [1.29, 1.82) is 0 Å². The molecule has 1 N–H and O–H groups in total. The molecule has 5 nitrogen and oxygen atoms in total. The largest absolute Gasteiger partial charge is 0.268 e. The van der Waals surface area contributed by atoms with Crippen LogP contribution in [0.1, 0.15) is 25.8 Å². The summed E-state index contributed by atoms with van der Waals surface area (Å²) in [6.07, 6.45) is 4.36. The molecule has 0 aliphatic heterocycles. The van der Waals surface area contributed by atoms with Crippen LogP contribution in [-0.4, -0.2) is 24.9 Å². The molecule has 0 unspecified atom stereocenters. The molecule has 0 radical (unpaired) electrons. The first-order chi connectivity index (χ1) is 10.3. The number of sulfone groups is 1. The van der Waals surface area contributed by atoms with Crippen LogP contribution in [-0.2, 0) is 16.3 Å². The summed E-state index contributed by atoms with van der Waals surface area (Å²) >= 11 is 0. The maximum Gasteiger partial charge on any atom is 0.267 e. The standard InChI is InChI=1S/C16H20N2O3S/c1-11(2)4-9-14-15(10-17-18-16(14)19)12-5-7-13(8-6-12)22(3,20)21/h5-8,10-11H,4,9H2,1-3H3,(H,18,19). The second-order valence-electron chi connectivity index (χ2n) is 5.82. The summed E-state index contributed by atoms with van der Waals surface area (Å²) in [5, 5.41) is 6.33. The van der Waals surface area contributed by atoms with Gasteiger partial charge in [-0.2, -0.15) is 5.10 Å². The van der Waals surface area contributed by atoms with Gasteiger partial charge in [0, 0.05) is 17.4 Å². The van der Waals surface area contributed by atoms with Crippen LogP contribution in [0, 0.1) is 5.92 Å². The van der Waals surface area contributed by atoms with Crippen LogP contribution in [0.3, 0.4) is 0 Å². The number of aromatic amines is 1. The number of hydrogen-bond donors (Lipinski definition) is 1. The molecular formula is C16H20N2O3S. The van der Waals surface area contributed by atoms with Crippen LogP contribution >= 0.6 is 0 Å². The Balaban J connectivity index is 2.44. The van der Waals surface area contributed by atoms with E-state index in [0.717, 1.165) is 17.5 Å². The lowest BCUT2D eigenvalue weighted by Gasteiger charge is -2.10. The second kappa shape index (κ2) is 6.44. The van der Waals surface area contributed by atoms with Gasteiger partial charge >= 0.3 is 0 Å². The summed E-state index contributed by atoms with van der Waals surface area (Å²) in [7, 11) is -3.23. The molecule has 1 aromatic heterocycles. The molecule has 0 bridgehead atoms. The number of nitrogens with zero attached hydrogens (tertiary/aromatic N) is 1. The Bertz CT molecular complexity index is 806. The molecule has 0 spiro atoms. The smallest absolute Gasteiger partial charge is 0.267 e.